The third kappa shape index (κ3) is 11.1. The third-order valence-electron chi connectivity index (χ3n) is 4.78. The second kappa shape index (κ2) is 18.1. The molecule has 12 nitrogen and oxygen atoms in total. The van der Waals surface area contributed by atoms with Crippen LogP contribution in [0.3, 0.4) is 0 Å². The molecule has 5 atom stereocenters. The zero-order valence-corrected chi connectivity index (χ0v) is 18.8. The van der Waals surface area contributed by atoms with Gasteiger partial charge in [-0.2, -0.15) is 0 Å². The van der Waals surface area contributed by atoms with E-state index in [1.165, 1.54) is 12.4 Å². The predicted molar refractivity (Wildman–Crippen MR) is 115 cm³/mol. The fraction of sp³-hybridized carbons (Fsp3) is 0.810. The Labute approximate surface area is 193 Å². The molecule has 33 heavy (non-hydrogen) atoms. The summed E-state index contributed by atoms with van der Waals surface area (Å²) in [6, 6.07) is 0. The smallest absolute Gasteiger partial charge is 0.129 e. The minimum Gasteiger partial charge on any atom is -0.396 e. The van der Waals surface area contributed by atoms with Crippen LogP contribution in [-0.2, 0) is 20.6 Å². The molecular formula is C21H38N2O10. The topological polar surface area (TPSA) is 195 Å². The summed E-state index contributed by atoms with van der Waals surface area (Å²) in [6.07, 6.45) is -1.28. The van der Waals surface area contributed by atoms with Gasteiger partial charge in [0.1, 0.15) is 24.4 Å². The summed E-state index contributed by atoms with van der Waals surface area (Å²) in [5, 5.41) is 66.8. The van der Waals surface area contributed by atoms with Gasteiger partial charge in [-0.25, -0.2) is 0 Å². The molecule has 0 bridgehead atoms. The van der Waals surface area contributed by atoms with Crippen LogP contribution in [0.1, 0.15) is 36.8 Å². The molecule has 0 spiro atoms. The van der Waals surface area contributed by atoms with Gasteiger partial charge in [0.25, 0.3) is 0 Å². The minimum absolute atomic E-state index is 0.0553. The van der Waals surface area contributed by atoms with E-state index in [1.54, 1.807) is 0 Å². The first-order valence-electron chi connectivity index (χ1n) is 11.1. The average Bonchev–Trinajstić information content (AvgIpc) is 2.83. The number of ether oxygens (including phenoxy) is 3. The highest BCUT2D eigenvalue weighted by Crippen LogP contribution is 2.23. The largest absolute Gasteiger partial charge is 0.396 e. The van der Waals surface area contributed by atoms with Gasteiger partial charge in [-0.05, 0) is 19.3 Å². The third-order valence-corrected chi connectivity index (χ3v) is 4.78. The van der Waals surface area contributed by atoms with E-state index in [0.29, 0.717) is 25.0 Å². The summed E-state index contributed by atoms with van der Waals surface area (Å²) in [6.45, 7) is -0.678. The van der Waals surface area contributed by atoms with E-state index in [1.807, 2.05) is 0 Å². The van der Waals surface area contributed by atoms with Crippen molar-refractivity contribution >= 4 is 0 Å². The summed E-state index contributed by atoms with van der Waals surface area (Å²) in [4.78, 5) is 8.52. The molecule has 0 aliphatic rings. The zero-order valence-electron chi connectivity index (χ0n) is 18.8. The molecule has 0 fully saturated rings. The van der Waals surface area contributed by atoms with Crippen molar-refractivity contribution in [2.45, 2.75) is 56.2 Å². The van der Waals surface area contributed by atoms with E-state index >= 15 is 0 Å². The van der Waals surface area contributed by atoms with E-state index in [2.05, 4.69) is 9.97 Å². The molecule has 0 amide bonds. The van der Waals surface area contributed by atoms with E-state index < -0.39 is 43.7 Å². The lowest BCUT2D eigenvalue weighted by atomic mass is 10.0. The van der Waals surface area contributed by atoms with Crippen molar-refractivity contribution in [1.82, 2.24) is 9.97 Å². The molecule has 1 aromatic rings. The van der Waals surface area contributed by atoms with Gasteiger partial charge < -0.3 is 50.0 Å². The Morgan fingerprint density at radius 1 is 0.697 bits per heavy atom. The second-order valence-corrected chi connectivity index (χ2v) is 7.40. The van der Waals surface area contributed by atoms with E-state index in [-0.39, 0.29) is 51.8 Å². The zero-order chi connectivity index (χ0) is 24.5. The van der Waals surface area contributed by atoms with Gasteiger partial charge in [0, 0.05) is 52.3 Å². The number of aromatic nitrogens is 2. The fourth-order valence-electron chi connectivity index (χ4n) is 2.93. The van der Waals surface area contributed by atoms with E-state index in [9.17, 15) is 20.4 Å². The summed E-state index contributed by atoms with van der Waals surface area (Å²) in [5.74, 6) is 0. The molecule has 0 saturated carbocycles. The lowest BCUT2D eigenvalue weighted by Crippen LogP contribution is -2.39. The summed E-state index contributed by atoms with van der Waals surface area (Å²) < 4.78 is 16.5. The Morgan fingerprint density at radius 2 is 1.24 bits per heavy atom. The molecule has 7 N–H and O–H groups in total. The van der Waals surface area contributed by atoms with Gasteiger partial charge in [-0.3, -0.25) is 9.97 Å². The lowest BCUT2D eigenvalue weighted by Gasteiger charge is -2.28. The highest BCUT2D eigenvalue weighted by molar-refractivity contribution is 5.09. The normalized spacial score (nSPS) is 16.3. The van der Waals surface area contributed by atoms with Crippen LogP contribution in [-0.4, -0.2) is 123 Å². The van der Waals surface area contributed by atoms with Crippen LogP contribution in [0.15, 0.2) is 12.4 Å². The number of nitrogens with zero attached hydrogens (tertiary/aromatic N) is 2. The van der Waals surface area contributed by atoms with Gasteiger partial charge in [0.15, 0.2) is 0 Å². The maximum absolute atomic E-state index is 10.7. The van der Waals surface area contributed by atoms with Crippen LogP contribution >= 0.6 is 0 Å². The minimum atomic E-state index is -1.29. The first-order chi connectivity index (χ1) is 16.0. The molecule has 1 heterocycles. The van der Waals surface area contributed by atoms with Gasteiger partial charge in [0.05, 0.1) is 36.9 Å². The Morgan fingerprint density at radius 3 is 1.73 bits per heavy atom. The van der Waals surface area contributed by atoms with Crippen LogP contribution in [0.4, 0.5) is 0 Å². The maximum Gasteiger partial charge on any atom is 0.129 e. The number of aliphatic hydroxyl groups is 7. The number of hydrogen-bond donors (Lipinski definition) is 7. The Bertz CT molecular complexity index is 595. The second-order valence-electron chi connectivity index (χ2n) is 7.40. The molecule has 1 rings (SSSR count). The molecule has 192 valence electrons. The monoisotopic (exact) mass is 478 g/mol. The fourth-order valence-corrected chi connectivity index (χ4v) is 2.93. The molecule has 12 heteroatoms. The number of aliphatic hydroxyl groups excluding tert-OH is 7. The molecular weight excluding hydrogens is 440 g/mol. The summed E-state index contributed by atoms with van der Waals surface area (Å²) >= 11 is 0. The summed E-state index contributed by atoms with van der Waals surface area (Å²) in [7, 11) is 0. The molecule has 0 aliphatic heterocycles. The standard InChI is InChI=1S/C21H38N2O10/c24-4-1-7-31-18(13-27)17(29)10-15-11-23-16(12-22-15)21(33-9-3-6-26)20(30)19(14-28)32-8-2-5-25/h11-12,17-21,24-30H,1-10,13-14H2/t17-,18+,19+,20+,21+/m0/s1. The molecule has 0 aromatic carbocycles. The molecule has 1 aromatic heterocycles. The van der Waals surface area contributed by atoms with Crippen LogP contribution < -0.4 is 0 Å². The van der Waals surface area contributed by atoms with Crippen LogP contribution in [0.2, 0.25) is 0 Å². The van der Waals surface area contributed by atoms with Gasteiger partial charge in [0.2, 0.25) is 0 Å². The Balaban J connectivity index is 2.86. The van der Waals surface area contributed by atoms with Crippen molar-refractivity contribution in [3.05, 3.63) is 23.8 Å². The summed E-state index contributed by atoms with van der Waals surface area (Å²) in [5.41, 5.74) is 0.678. The number of hydrogen-bond acceptors (Lipinski definition) is 12. The number of rotatable bonds is 20. The molecule has 0 radical (unpaired) electrons. The molecule has 0 unspecified atom stereocenters. The van der Waals surface area contributed by atoms with Gasteiger partial charge >= 0.3 is 0 Å². The van der Waals surface area contributed by atoms with Gasteiger partial charge in [-0.15, -0.1) is 0 Å². The first-order valence-corrected chi connectivity index (χ1v) is 11.1. The van der Waals surface area contributed by atoms with Crippen molar-refractivity contribution < 1.29 is 50.0 Å². The highest BCUT2D eigenvalue weighted by atomic mass is 16.5. The van der Waals surface area contributed by atoms with Crippen molar-refractivity contribution in [2.24, 2.45) is 0 Å². The Hall–Kier alpha value is -1.32. The van der Waals surface area contributed by atoms with Crippen molar-refractivity contribution in [2.75, 3.05) is 52.9 Å². The highest BCUT2D eigenvalue weighted by Gasteiger charge is 2.31. The van der Waals surface area contributed by atoms with Crippen LogP contribution in [0.25, 0.3) is 0 Å². The van der Waals surface area contributed by atoms with E-state index in [4.69, 9.17) is 29.5 Å². The predicted octanol–water partition coefficient (Wildman–Crippen LogP) is -2.30. The Kier molecular flexibility index (Phi) is 16.3. The first kappa shape index (κ1) is 29.7. The van der Waals surface area contributed by atoms with E-state index in [0.717, 1.165) is 0 Å². The van der Waals surface area contributed by atoms with Crippen molar-refractivity contribution in [3.8, 4) is 0 Å². The SMILES string of the molecule is OCCCO[C@H](c1cnc(C[C@H](O)[C@@H](CO)OCCCO)cn1)[C@H](O)[C@@H](CO)OCCCO. The van der Waals surface area contributed by atoms with Crippen LogP contribution in [0.5, 0.6) is 0 Å². The average molecular weight is 479 g/mol. The van der Waals surface area contributed by atoms with Crippen LogP contribution in [0, 0.1) is 0 Å². The van der Waals surface area contributed by atoms with Crippen molar-refractivity contribution in [1.29, 1.82) is 0 Å². The molecule has 0 saturated heterocycles. The van der Waals surface area contributed by atoms with Gasteiger partial charge in [-0.1, -0.05) is 0 Å². The maximum atomic E-state index is 10.7. The molecule has 0 aliphatic carbocycles. The van der Waals surface area contributed by atoms with Crippen molar-refractivity contribution in [3.63, 3.8) is 0 Å². The lowest BCUT2D eigenvalue weighted by molar-refractivity contribution is -0.130. The quantitative estimate of drug-likeness (QED) is 0.0992.